The first-order valence-electron chi connectivity index (χ1n) is 11.1. The van der Waals surface area contributed by atoms with Crippen molar-refractivity contribution in [1.29, 1.82) is 0 Å². The molecule has 0 aliphatic rings. The Morgan fingerprint density at radius 2 is 1.89 bits per heavy atom. The molecule has 9 nitrogen and oxygen atoms in total. The number of anilines is 1. The van der Waals surface area contributed by atoms with Crippen LogP contribution in [0.2, 0.25) is 0 Å². The molecule has 3 N–H and O–H groups in total. The normalized spacial score (nSPS) is 11.1. The Labute approximate surface area is 202 Å². The van der Waals surface area contributed by atoms with Gasteiger partial charge in [0, 0.05) is 36.1 Å². The van der Waals surface area contributed by atoms with Crippen molar-refractivity contribution in [3.05, 3.63) is 83.6 Å². The fourth-order valence-corrected chi connectivity index (χ4v) is 4.03. The molecule has 1 aromatic carbocycles. The van der Waals surface area contributed by atoms with E-state index in [9.17, 15) is 4.79 Å². The van der Waals surface area contributed by atoms with Gasteiger partial charge in [-0.15, -0.1) is 0 Å². The quantitative estimate of drug-likeness (QED) is 0.407. The van der Waals surface area contributed by atoms with E-state index in [1.807, 2.05) is 75.6 Å². The molecule has 0 aliphatic heterocycles. The minimum Gasteiger partial charge on any atom is -0.382 e. The predicted molar refractivity (Wildman–Crippen MR) is 134 cm³/mol. The summed E-state index contributed by atoms with van der Waals surface area (Å²) in [5, 5.41) is 8.29. The van der Waals surface area contributed by atoms with Crippen molar-refractivity contribution in [1.82, 2.24) is 35.0 Å². The Balaban J connectivity index is 1.56. The Kier molecular flexibility index (Phi) is 5.66. The highest BCUT2D eigenvalue weighted by Gasteiger charge is 2.21. The summed E-state index contributed by atoms with van der Waals surface area (Å²) in [7, 11) is 1.82. The maximum atomic E-state index is 13.1. The number of fused-ring (bicyclic) bond motifs is 1. The van der Waals surface area contributed by atoms with E-state index in [1.165, 1.54) is 0 Å². The second-order valence-electron chi connectivity index (χ2n) is 8.40. The van der Waals surface area contributed by atoms with Gasteiger partial charge in [0.05, 0.1) is 23.4 Å². The molecule has 0 bridgehead atoms. The molecule has 9 heteroatoms. The van der Waals surface area contributed by atoms with E-state index in [4.69, 9.17) is 10.7 Å². The number of aromatic nitrogens is 6. The lowest BCUT2D eigenvalue weighted by atomic mass is 10.0. The second kappa shape index (κ2) is 8.94. The van der Waals surface area contributed by atoms with Crippen LogP contribution in [0.5, 0.6) is 0 Å². The number of nitrogens with zero attached hydrogens (tertiary/aromatic N) is 6. The lowest BCUT2D eigenvalue weighted by Crippen LogP contribution is -2.26. The van der Waals surface area contributed by atoms with E-state index < -0.39 is 5.91 Å². The van der Waals surface area contributed by atoms with Crippen LogP contribution in [0.25, 0.3) is 33.5 Å². The van der Waals surface area contributed by atoms with E-state index >= 15 is 0 Å². The van der Waals surface area contributed by atoms with Crippen molar-refractivity contribution in [2.75, 3.05) is 5.73 Å². The highest BCUT2D eigenvalue weighted by atomic mass is 16.1. The fraction of sp³-hybridized carbons (Fsp3) is 0.154. The van der Waals surface area contributed by atoms with Crippen LogP contribution in [0.15, 0.2) is 60.9 Å². The molecule has 0 saturated carbocycles. The van der Waals surface area contributed by atoms with E-state index in [2.05, 4.69) is 25.4 Å². The zero-order valence-electron chi connectivity index (χ0n) is 19.6. The van der Waals surface area contributed by atoms with Gasteiger partial charge in [-0.25, -0.2) is 9.97 Å². The minimum atomic E-state index is -0.424. The molecule has 5 aromatic rings. The number of carbonyl (C=O) groups is 1. The van der Waals surface area contributed by atoms with Gasteiger partial charge in [-0.05, 0) is 55.8 Å². The zero-order chi connectivity index (χ0) is 24.5. The molecule has 0 saturated heterocycles. The first-order chi connectivity index (χ1) is 16.9. The van der Waals surface area contributed by atoms with Crippen molar-refractivity contribution < 1.29 is 4.79 Å². The smallest absolute Gasteiger partial charge is 0.274 e. The van der Waals surface area contributed by atoms with Gasteiger partial charge in [-0.1, -0.05) is 12.1 Å². The van der Waals surface area contributed by atoms with Crippen LogP contribution < -0.4 is 11.1 Å². The van der Waals surface area contributed by atoms with Gasteiger partial charge >= 0.3 is 0 Å². The van der Waals surface area contributed by atoms with Crippen molar-refractivity contribution in [2.24, 2.45) is 7.05 Å². The monoisotopic (exact) mass is 464 g/mol. The summed E-state index contributed by atoms with van der Waals surface area (Å²) in [5.41, 5.74) is 12.3. The Bertz CT molecular complexity index is 1550. The van der Waals surface area contributed by atoms with Gasteiger partial charge in [0.2, 0.25) is 0 Å². The molecular formula is C26H24N8O. The van der Waals surface area contributed by atoms with Crippen molar-refractivity contribution in [2.45, 2.75) is 20.4 Å². The van der Waals surface area contributed by atoms with Crippen molar-refractivity contribution in [3.63, 3.8) is 0 Å². The Hall–Kier alpha value is -4.66. The summed E-state index contributed by atoms with van der Waals surface area (Å²) in [4.78, 5) is 31.2. The van der Waals surface area contributed by atoms with E-state index in [1.54, 1.807) is 10.9 Å². The third-order valence-corrected chi connectivity index (χ3v) is 5.55. The molecule has 0 radical (unpaired) electrons. The molecular weight excluding hydrogens is 440 g/mol. The van der Waals surface area contributed by atoms with Crippen LogP contribution in [-0.2, 0) is 13.6 Å². The first kappa shape index (κ1) is 22.1. The fourth-order valence-electron chi connectivity index (χ4n) is 4.03. The number of nitrogens with two attached hydrogens (primary N) is 1. The standard InChI is InChI=1S/C26H24N8O/c1-15-11-16(2)30-19(12-15)14-29-26(35)24-25(27)32-23(21-8-10-34(3)33-21)22(31-24)18-6-7-20-17(13-18)5-4-9-28-20/h4-13H,14H2,1-3H3,(H2,27,32)(H,29,35). The van der Waals surface area contributed by atoms with Crippen LogP contribution in [0.4, 0.5) is 5.82 Å². The Morgan fingerprint density at radius 1 is 1.03 bits per heavy atom. The molecule has 0 aliphatic carbocycles. The second-order valence-corrected chi connectivity index (χ2v) is 8.40. The number of aryl methyl sites for hydroxylation is 3. The zero-order valence-corrected chi connectivity index (χ0v) is 19.6. The van der Waals surface area contributed by atoms with E-state index in [0.717, 1.165) is 33.4 Å². The molecule has 0 fully saturated rings. The van der Waals surface area contributed by atoms with Crippen molar-refractivity contribution >= 4 is 22.6 Å². The summed E-state index contributed by atoms with van der Waals surface area (Å²) < 4.78 is 1.68. The molecule has 4 heterocycles. The minimum absolute atomic E-state index is 0.0303. The lowest BCUT2D eigenvalue weighted by molar-refractivity contribution is 0.0946. The topological polar surface area (TPSA) is 125 Å². The maximum Gasteiger partial charge on any atom is 0.274 e. The summed E-state index contributed by atoms with van der Waals surface area (Å²) in [5.74, 6) is -0.394. The number of pyridine rings is 2. The van der Waals surface area contributed by atoms with Gasteiger partial charge in [-0.2, -0.15) is 5.10 Å². The number of nitrogen functional groups attached to an aromatic ring is 1. The van der Waals surface area contributed by atoms with Gasteiger partial charge in [0.25, 0.3) is 5.91 Å². The number of hydrogen-bond donors (Lipinski definition) is 2. The maximum absolute atomic E-state index is 13.1. The number of hydrogen-bond acceptors (Lipinski definition) is 7. The van der Waals surface area contributed by atoms with Gasteiger partial charge < -0.3 is 11.1 Å². The number of nitrogens with one attached hydrogen (secondary N) is 1. The third-order valence-electron chi connectivity index (χ3n) is 5.55. The van der Waals surface area contributed by atoms with E-state index in [-0.39, 0.29) is 18.1 Å². The van der Waals surface area contributed by atoms with Crippen LogP contribution in [0.1, 0.15) is 27.4 Å². The Morgan fingerprint density at radius 3 is 2.66 bits per heavy atom. The third kappa shape index (κ3) is 4.56. The largest absolute Gasteiger partial charge is 0.382 e. The average molecular weight is 465 g/mol. The van der Waals surface area contributed by atoms with Crippen LogP contribution in [0.3, 0.4) is 0 Å². The molecule has 0 spiro atoms. The summed E-state index contributed by atoms with van der Waals surface area (Å²) in [6.07, 6.45) is 3.57. The summed E-state index contributed by atoms with van der Waals surface area (Å²) in [6.45, 7) is 4.16. The molecule has 35 heavy (non-hydrogen) atoms. The number of rotatable bonds is 5. The molecule has 1 amide bonds. The van der Waals surface area contributed by atoms with Gasteiger partial charge in [0.1, 0.15) is 11.4 Å². The number of amides is 1. The van der Waals surface area contributed by atoms with Gasteiger partial charge in [0.15, 0.2) is 11.5 Å². The molecule has 0 atom stereocenters. The average Bonchev–Trinajstić information content (AvgIpc) is 3.27. The summed E-state index contributed by atoms with van der Waals surface area (Å²) >= 11 is 0. The van der Waals surface area contributed by atoms with Crippen LogP contribution >= 0.6 is 0 Å². The van der Waals surface area contributed by atoms with Crippen LogP contribution in [0, 0.1) is 13.8 Å². The van der Waals surface area contributed by atoms with Crippen LogP contribution in [-0.4, -0.2) is 35.6 Å². The molecule has 0 unspecified atom stereocenters. The highest BCUT2D eigenvalue weighted by molar-refractivity contribution is 5.98. The molecule has 5 rings (SSSR count). The van der Waals surface area contributed by atoms with Gasteiger partial charge in [-0.3, -0.25) is 19.4 Å². The molecule has 4 aromatic heterocycles. The van der Waals surface area contributed by atoms with E-state index in [0.29, 0.717) is 17.1 Å². The summed E-state index contributed by atoms with van der Waals surface area (Å²) in [6, 6.07) is 15.4. The number of benzene rings is 1. The predicted octanol–water partition coefficient (Wildman–Crippen LogP) is 3.62. The number of carbonyl (C=O) groups excluding carboxylic acids is 1. The molecule has 174 valence electrons. The SMILES string of the molecule is Cc1cc(C)nc(CNC(=O)c2nc(-c3ccc4ncccc4c3)c(-c3ccn(C)n3)nc2N)c1. The van der Waals surface area contributed by atoms with Crippen molar-refractivity contribution in [3.8, 4) is 22.6 Å². The highest BCUT2D eigenvalue weighted by Crippen LogP contribution is 2.31. The first-order valence-corrected chi connectivity index (χ1v) is 11.1. The lowest BCUT2D eigenvalue weighted by Gasteiger charge is -2.13.